The van der Waals surface area contributed by atoms with Crippen LogP contribution >= 0.6 is 0 Å². The summed E-state index contributed by atoms with van der Waals surface area (Å²) >= 11 is 0. The van der Waals surface area contributed by atoms with Gasteiger partial charge in [-0.1, -0.05) is 19.4 Å². The van der Waals surface area contributed by atoms with Crippen LogP contribution in [0.15, 0.2) is 11.6 Å². The maximum atomic E-state index is 12.5. The number of allylic oxidation sites excluding steroid dienone is 1. The molecule has 0 aromatic carbocycles. The van der Waals surface area contributed by atoms with Gasteiger partial charge in [-0.05, 0) is 31.3 Å². The van der Waals surface area contributed by atoms with Crippen LogP contribution in [0.4, 0.5) is 0 Å². The van der Waals surface area contributed by atoms with E-state index < -0.39 is 70.5 Å². The third kappa shape index (κ3) is 1.72. The maximum Gasteiger partial charge on any atom is 0.335 e. The summed E-state index contributed by atoms with van der Waals surface area (Å²) in [5, 5.41) is 44.2. The highest BCUT2D eigenvalue weighted by atomic mass is 16.7. The van der Waals surface area contributed by atoms with E-state index in [1.807, 2.05) is 0 Å². The van der Waals surface area contributed by atoms with Gasteiger partial charge in [0.1, 0.15) is 18.3 Å². The molecule has 0 radical (unpaired) electrons. The lowest BCUT2D eigenvalue weighted by atomic mass is 9.38. The van der Waals surface area contributed by atoms with E-state index in [0.717, 1.165) is 5.57 Å². The number of esters is 1. The fraction of sp³-hybridized carbons (Fsp3) is 0.800. The van der Waals surface area contributed by atoms with Crippen molar-refractivity contribution < 1.29 is 39.5 Å². The number of ketones is 1. The molecule has 2 bridgehead atoms. The van der Waals surface area contributed by atoms with Crippen LogP contribution in [-0.4, -0.2) is 69.0 Å². The SMILES string of the molecule is CC1=CC(=O)[C@@H](O)[C@]2(C)C3C4(O)OC[C@]35[C@H]([C@@H](C)[C@H]4O)[C@@H](O)C(=O)O[C@@H]5C[C@@H]12. The van der Waals surface area contributed by atoms with Crippen molar-refractivity contribution in [1.82, 2.24) is 0 Å². The minimum absolute atomic E-state index is 0.0266. The lowest BCUT2D eigenvalue weighted by molar-refractivity contribution is -0.339. The zero-order valence-corrected chi connectivity index (χ0v) is 16.0. The number of carbonyl (C=O) groups excluding carboxylic acids is 2. The van der Waals surface area contributed by atoms with Crippen molar-refractivity contribution in [3.05, 3.63) is 11.6 Å². The van der Waals surface area contributed by atoms with Crippen molar-refractivity contribution in [2.24, 2.45) is 34.5 Å². The van der Waals surface area contributed by atoms with Gasteiger partial charge in [-0.2, -0.15) is 0 Å². The number of fused-ring (bicyclic) bond motifs is 1. The predicted octanol–water partition coefficient (Wildman–Crippen LogP) is -0.863. The molecule has 3 aliphatic carbocycles. The molecule has 2 heterocycles. The van der Waals surface area contributed by atoms with E-state index in [0.29, 0.717) is 6.42 Å². The highest BCUT2D eigenvalue weighted by Gasteiger charge is 2.83. The van der Waals surface area contributed by atoms with E-state index in [1.165, 1.54) is 6.08 Å². The molecule has 0 aromatic rings. The predicted molar refractivity (Wildman–Crippen MR) is 92.4 cm³/mol. The van der Waals surface area contributed by atoms with Gasteiger partial charge >= 0.3 is 5.97 Å². The van der Waals surface area contributed by atoms with E-state index in [2.05, 4.69) is 0 Å². The minimum atomic E-state index is -2.01. The normalized spacial score (nSPS) is 59.9. The lowest BCUT2D eigenvalue weighted by Crippen LogP contribution is -2.77. The Morgan fingerprint density at radius 2 is 1.89 bits per heavy atom. The van der Waals surface area contributed by atoms with E-state index in [1.54, 1.807) is 20.8 Å². The summed E-state index contributed by atoms with van der Waals surface area (Å²) < 4.78 is 11.4. The Kier molecular flexibility index (Phi) is 3.49. The first-order valence-electron chi connectivity index (χ1n) is 9.84. The third-order valence-electron chi connectivity index (χ3n) is 8.65. The van der Waals surface area contributed by atoms with Gasteiger partial charge in [0.25, 0.3) is 0 Å². The molecule has 11 atom stereocenters. The smallest absolute Gasteiger partial charge is 0.335 e. The Labute approximate surface area is 162 Å². The molecule has 4 N–H and O–H groups in total. The second kappa shape index (κ2) is 5.23. The topological polar surface area (TPSA) is 134 Å². The van der Waals surface area contributed by atoms with Crippen molar-refractivity contribution in [3.63, 3.8) is 0 Å². The molecule has 1 spiro atoms. The molecule has 154 valence electrons. The highest BCUT2D eigenvalue weighted by Crippen LogP contribution is 2.73. The third-order valence-corrected chi connectivity index (χ3v) is 8.65. The number of carbonyl (C=O) groups is 2. The van der Waals surface area contributed by atoms with Crippen LogP contribution in [-0.2, 0) is 19.1 Å². The molecule has 5 rings (SSSR count). The fourth-order valence-corrected chi connectivity index (χ4v) is 7.64. The van der Waals surface area contributed by atoms with Crippen LogP contribution in [0.25, 0.3) is 0 Å². The molecule has 5 aliphatic rings. The van der Waals surface area contributed by atoms with Gasteiger partial charge in [0.05, 0.1) is 6.61 Å². The summed E-state index contributed by atoms with van der Waals surface area (Å²) in [5.74, 6) is -5.79. The van der Waals surface area contributed by atoms with Gasteiger partial charge in [0.2, 0.25) is 0 Å². The number of aliphatic hydroxyl groups is 4. The molecule has 2 unspecified atom stereocenters. The van der Waals surface area contributed by atoms with Gasteiger partial charge < -0.3 is 29.9 Å². The molecular weight excluding hydrogens is 368 g/mol. The zero-order chi connectivity index (χ0) is 20.4. The van der Waals surface area contributed by atoms with E-state index in [-0.39, 0.29) is 12.5 Å². The van der Waals surface area contributed by atoms with Gasteiger partial charge in [-0.3, -0.25) is 4.79 Å². The van der Waals surface area contributed by atoms with Crippen molar-refractivity contribution in [2.75, 3.05) is 6.61 Å². The average Bonchev–Trinajstić information content (AvgIpc) is 2.92. The Hall–Kier alpha value is -1.32. The monoisotopic (exact) mass is 394 g/mol. The molecular formula is C20H26O8. The van der Waals surface area contributed by atoms with Gasteiger partial charge in [-0.15, -0.1) is 0 Å². The Morgan fingerprint density at radius 1 is 1.21 bits per heavy atom. The maximum absolute atomic E-state index is 12.5. The highest BCUT2D eigenvalue weighted by molar-refractivity contribution is 5.96. The molecule has 28 heavy (non-hydrogen) atoms. The standard InChI is InChI=1S/C20H26O8/c1-7-4-10(21)15(24)18(3)9(7)5-11-19-6-27-20(26,17(18)19)14(23)8(2)12(19)13(22)16(25)28-11/h4,8-9,11-15,17,22-24,26H,5-6H2,1-3H3/t8-,9+,11-,12-,13-,14-,15-,17?,18-,19+,20?/m1/s1. The number of hydrogen-bond donors (Lipinski definition) is 4. The van der Waals surface area contributed by atoms with Crippen LogP contribution in [0.2, 0.25) is 0 Å². The van der Waals surface area contributed by atoms with E-state index >= 15 is 0 Å². The van der Waals surface area contributed by atoms with Gasteiger partial charge in [-0.25, -0.2) is 4.79 Å². The average molecular weight is 394 g/mol. The summed E-state index contributed by atoms with van der Waals surface area (Å²) in [6.45, 7) is 5.17. The second-order valence-corrected chi connectivity index (χ2v) is 9.63. The Morgan fingerprint density at radius 3 is 2.57 bits per heavy atom. The number of rotatable bonds is 0. The fourth-order valence-electron chi connectivity index (χ4n) is 7.64. The quantitative estimate of drug-likeness (QED) is 0.390. The van der Waals surface area contributed by atoms with Crippen molar-refractivity contribution in [1.29, 1.82) is 0 Å². The van der Waals surface area contributed by atoms with Gasteiger partial charge in [0, 0.05) is 22.7 Å². The molecule has 4 fully saturated rings. The lowest BCUT2D eigenvalue weighted by Gasteiger charge is -2.67. The Balaban J connectivity index is 1.79. The van der Waals surface area contributed by atoms with Crippen LogP contribution in [0.5, 0.6) is 0 Å². The first-order valence-corrected chi connectivity index (χ1v) is 9.84. The van der Waals surface area contributed by atoms with Crippen molar-refractivity contribution in [2.45, 2.75) is 57.4 Å². The number of hydrogen-bond acceptors (Lipinski definition) is 8. The van der Waals surface area contributed by atoms with Crippen LogP contribution in [0.3, 0.4) is 0 Å². The molecule has 0 aromatic heterocycles. The van der Waals surface area contributed by atoms with Crippen LogP contribution in [0.1, 0.15) is 27.2 Å². The number of ether oxygens (including phenoxy) is 2. The molecule has 0 amide bonds. The second-order valence-electron chi connectivity index (χ2n) is 9.63. The summed E-state index contributed by atoms with van der Waals surface area (Å²) in [5.41, 5.74) is -1.40. The zero-order valence-electron chi connectivity index (χ0n) is 16.0. The first-order chi connectivity index (χ1) is 13.0. The largest absolute Gasteiger partial charge is 0.460 e. The summed E-state index contributed by atoms with van der Waals surface area (Å²) in [6.07, 6.45) is -3.14. The molecule has 2 saturated heterocycles. The Bertz CT molecular complexity index is 808. The first kappa shape index (κ1) is 18.7. The van der Waals surface area contributed by atoms with Crippen LogP contribution in [0, 0.1) is 34.5 Å². The summed E-state index contributed by atoms with van der Waals surface area (Å²) in [4.78, 5) is 25.0. The van der Waals surface area contributed by atoms with Crippen LogP contribution < -0.4 is 0 Å². The van der Waals surface area contributed by atoms with Crippen molar-refractivity contribution in [3.8, 4) is 0 Å². The van der Waals surface area contributed by atoms with E-state index in [4.69, 9.17) is 9.47 Å². The molecule has 8 nitrogen and oxygen atoms in total. The molecule has 2 aliphatic heterocycles. The minimum Gasteiger partial charge on any atom is -0.460 e. The molecule has 2 saturated carbocycles. The van der Waals surface area contributed by atoms with E-state index in [9.17, 15) is 30.0 Å². The molecule has 8 heteroatoms. The van der Waals surface area contributed by atoms with Crippen molar-refractivity contribution >= 4 is 11.8 Å². The number of aliphatic hydroxyl groups excluding tert-OH is 3. The summed E-state index contributed by atoms with van der Waals surface area (Å²) in [7, 11) is 0. The van der Waals surface area contributed by atoms with Gasteiger partial charge in [0.15, 0.2) is 17.7 Å². The summed E-state index contributed by atoms with van der Waals surface area (Å²) in [6, 6.07) is 0.